The summed E-state index contributed by atoms with van der Waals surface area (Å²) in [6.45, 7) is 6.29. The maximum Gasteiger partial charge on any atom is 0.0572 e. The van der Waals surface area contributed by atoms with E-state index in [9.17, 15) is 0 Å². The van der Waals surface area contributed by atoms with Crippen molar-refractivity contribution in [2.75, 3.05) is 18.5 Å². The van der Waals surface area contributed by atoms with Crippen molar-refractivity contribution in [3.63, 3.8) is 0 Å². The van der Waals surface area contributed by atoms with E-state index in [2.05, 4.69) is 65.1 Å². The van der Waals surface area contributed by atoms with Gasteiger partial charge in [0.25, 0.3) is 0 Å². The molecular weight excluding hydrogens is 266 g/mol. The quantitative estimate of drug-likeness (QED) is 0.839. The first-order chi connectivity index (χ1) is 9.70. The standard InChI is InChI=1S/C16H23N3S/c1-4-8-17-13(2)16-6-5-15(10-18-16)19(3)11-14-7-9-20-12-14/h5-7,9-10,12-13,17H,4,8,11H2,1-3H3. The Morgan fingerprint density at radius 1 is 1.35 bits per heavy atom. The number of nitrogens with one attached hydrogen (secondary N) is 1. The van der Waals surface area contributed by atoms with E-state index in [1.807, 2.05) is 6.20 Å². The Balaban J connectivity index is 1.96. The van der Waals surface area contributed by atoms with E-state index in [-0.39, 0.29) is 0 Å². The molecule has 0 aromatic carbocycles. The van der Waals surface area contributed by atoms with Gasteiger partial charge >= 0.3 is 0 Å². The predicted molar refractivity (Wildman–Crippen MR) is 87.4 cm³/mol. The summed E-state index contributed by atoms with van der Waals surface area (Å²) >= 11 is 1.74. The van der Waals surface area contributed by atoms with Crippen LogP contribution in [0.25, 0.3) is 0 Å². The smallest absolute Gasteiger partial charge is 0.0572 e. The van der Waals surface area contributed by atoms with Gasteiger partial charge in [0.05, 0.1) is 17.6 Å². The highest BCUT2D eigenvalue weighted by molar-refractivity contribution is 7.07. The van der Waals surface area contributed by atoms with Crippen molar-refractivity contribution in [2.24, 2.45) is 0 Å². The van der Waals surface area contributed by atoms with E-state index in [1.165, 1.54) is 5.56 Å². The molecule has 0 aliphatic heterocycles. The van der Waals surface area contributed by atoms with Crippen LogP contribution in [0.4, 0.5) is 5.69 Å². The molecule has 0 spiro atoms. The lowest BCUT2D eigenvalue weighted by molar-refractivity contribution is 0.558. The summed E-state index contributed by atoms with van der Waals surface area (Å²) in [6.07, 6.45) is 3.11. The number of nitrogens with zero attached hydrogens (tertiary/aromatic N) is 2. The van der Waals surface area contributed by atoms with Crippen LogP contribution in [0.1, 0.15) is 37.6 Å². The van der Waals surface area contributed by atoms with Crippen LogP contribution in [0.3, 0.4) is 0 Å². The zero-order chi connectivity index (χ0) is 14.4. The third-order valence-electron chi connectivity index (χ3n) is 3.36. The lowest BCUT2D eigenvalue weighted by Crippen LogP contribution is -2.21. The van der Waals surface area contributed by atoms with Gasteiger partial charge in [-0.3, -0.25) is 4.98 Å². The van der Waals surface area contributed by atoms with Gasteiger partial charge in [0.1, 0.15) is 0 Å². The zero-order valence-corrected chi connectivity index (χ0v) is 13.3. The van der Waals surface area contributed by atoms with E-state index in [1.54, 1.807) is 11.3 Å². The van der Waals surface area contributed by atoms with Gasteiger partial charge in [0.15, 0.2) is 0 Å². The van der Waals surface area contributed by atoms with Crippen LogP contribution in [0.15, 0.2) is 35.2 Å². The molecule has 3 nitrogen and oxygen atoms in total. The molecule has 0 saturated carbocycles. The normalized spacial score (nSPS) is 12.3. The third kappa shape index (κ3) is 4.05. The highest BCUT2D eigenvalue weighted by atomic mass is 32.1. The van der Waals surface area contributed by atoms with E-state index in [0.29, 0.717) is 6.04 Å². The van der Waals surface area contributed by atoms with Crippen molar-refractivity contribution in [3.8, 4) is 0 Å². The van der Waals surface area contributed by atoms with Crippen LogP contribution < -0.4 is 10.2 Å². The number of rotatable bonds is 7. The molecule has 0 aliphatic rings. The van der Waals surface area contributed by atoms with Gasteiger partial charge < -0.3 is 10.2 Å². The van der Waals surface area contributed by atoms with E-state index in [4.69, 9.17) is 0 Å². The fourth-order valence-corrected chi connectivity index (χ4v) is 2.75. The van der Waals surface area contributed by atoms with Gasteiger partial charge in [-0.05, 0) is 54.4 Å². The van der Waals surface area contributed by atoms with Crippen molar-refractivity contribution in [1.29, 1.82) is 0 Å². The monoisotopic (exact) mass is 289 g/mol. The van der Waals surface area contributed by atoms with E-state index >= 15 is 0 Å². The largest absolute Gasteiger partial charge is 0.369 e. The highest BCUT2D eigenvalue weighted by Gasteiger charge is 2.07. The van der Waals surface area contributed by atoms with Gasteiger partial charge in [0.2, 0.25) is 0 Å². The second kappa shape index (κ2) is 7.41. The Morgan fingerprint density at radius 2 is 2.20 bits per heavy atom. The minimum Gasteiger partial charge on any atom is -0.369 e. The van der Waals surface area contributed by atoms with Crippen molar-refractivity contribution in [3.05, 3.63) is 46.4 Å². The summed E-state index contributed by atoms with van der Waals surface area (Å²) in [5.74, 6) is 0. The van der Waals surface area contributed by atoms with Crippen LogP contribution in [0.2, 0.25) is 0 Å². The summed E-state index contributed by atoms with van der Waals surface area (Å²) in [4.78, 5) is 6.81. The lowest BCUT2D eigenvalue weighted by Gasteiger charge is -2.19. The van der Waals surface area contributed by atoms with E-state index in [0.717, 1.165) is 30.9 Å². The Morgan fingerprint density at radius 3 is 2.80 bits per heavy atom. The number of hydrogen-bond donors (Lipinski definition) is 1. The molecule has 2 heterocycles. The first-order valence-electron chi connectivity index (χ1n) is 7.12. The van der Waals surface area contributed by atoms with Crippen molar-refractivity contribution >= 4 is 17.0 Å². The average Bonchev–Trinajstić information content (AvgIpc) is 2.97. The molecule has 1 unspecified atom stereocenters. The SMILES string of the molecule is CCCNC(C)c1ccc(N(C)Cc2ccsc2)cn1. The highest BCUT2D eigenvalue weighted by Crippen LogP contribution is 2.18. The zero-order valence-electron chi connectivity index (χ0n) is 12.5. The number of anilines is 1. The summed E-state index contributed by atoms with van der Waals surface area (Å²) in [7, 11) is 2.10. The summed E-state index contributed by atoms with van der Waals surface area (Å²) in [5, 5.41) is 7.77. The number of thiophene rings is 1. The maximum absolute atomic E-state index is 4.58. The minimum absolute atomic E-state index is 0.311. The predicted octanol–water partition coefficient (Wildman–Crippen LogP) is 3.84. The van der Waals surface area contributed by atoms with Gasteiger partial charge in [-0.1, -0.05) is 6.92 Å². The minimum atomic E-state index is 0.311. The molecule has 1 atom stereocenters. The first-order valence-corrected chi connectivity index (χ1v) is 8.06. The van der Waals surface area contributed by atoms with Crippen LogP contribution in [-0.4, -0.2) is 18.6 Å². The van der Waals surface area contributed by atoms with E-state index < -0.39 is 0 Å². The molecule has 20 heavy (non-hydrogen) atoms. The summed E-state index contributed by atoms with van der Waals surface area (Å²) in [5.41, 5.74) is 3.60. The molecule has 1 N–H and O–H groups in total. The van der Waals surface area contributed by atoms with Crippen LogP contribution in [0.5, 0.6) is 0 Å². The van der Waals surface area contributed by atoms with Crippen molar-refractivity contribution in [1.82, 2.24) is 10.3 Å². The molecule has 0 saturated heterocycles. The molecule has 2 aromatic heterocycles. The second-order valence-corrected chi connectivity index (χ2v) is 5.88. The third-order valence-corrected chi connectivity index (χ3v) is 4.09. The fraction of sp³-hybridized carbons (Fsp3) is 0.438. The van der Waals surface area contributed by atoms with Gasteiger partial charge in [0, 0.05) is 19.6 Å². The molecule has 2 rings (SSSR count). The Hall–Kier alpha value is -1.39. The second-order valence-electron chi connectivity index (χ2n) is 5.10. The topological polar surface area (TPSA) is 28.2 Å². The Labute approximate surface area is 125 Å². The number of hydrogen-bond acceptors (Lipinski definition) is 4. The first kappa shape index (κ1) is 15.0. The van der Waals surface area contributed by atoms with Gasteiger partial charge in [-0.2, -0.15) is 11.3 Å². The molecule has 0 radical (unpaired) electrons. The molecule has 0 aliphatic carbocycles. The lowest BCUT2D eigenvalue weighted by atomic mass is 10.2. The van der Waals surface area contributed by atoms with Crippen LogP contribution in [0, 0.1) is 0 Å². The van der Waals surface area contributed by atoms with Crippen molar-refractivity contribution < 1.29 is 0 Å². The van der Waals surface area contributed by atoms with Crippen LogP contribution in [-0.2, 0) is 6.54 Å². The Kier molecular flexibility index (Phi) is 5.56. The molecule has 0 bridgehead atoms. The maximum atomic E-state index is 4.58. The summed E-state index contributed by atoms with van der Waals surface area (Å²) < 4.78 is 0. The van der Waals surface area contributed by atoms with Gasteiger partial charge in [-0.15, -0.1) is 0 Å². The number of aromatic nitrogens is 1. The Bertz CT molecular complexity index is 493. The van der Waals surface area contributed by atoms with Crippen LogP contribution >= 0.6 is 11.3 Å². The molecule has 2 aromatic rings. The molecule has 0 amide bonds. The fourth-order valence-electron chi connectivity index (χ4n) is 2.09. The molecule has 4 heteroatoms. The molecular formula is C16H23N3S. The average molecular weight is 289 g/mol. The molecule has 0 fully saturated rings. The van der Waals surface area contributed by atoms with Gasteiger partial charge in [-0.25, -0.2) is 0 Å². The molecule has 108 valence electrons. The van der Waals surface area contributed by atoms with Crippen molar-refractivity contribution in [2.45, 2.75) is 32.9 Å². The number of pyridine rings is 1. The summed E-state index contributed by atoms with van der Waals surface area (Å²) in [6, 6.07) is 6.75.